The van der Waals surface area contributed by atoms with Crippen molar-refractivity contribution in [2.45, 2.75) is 40.3 Å². The maximum absolute atomic E-state index is 11.0. The van der Waals surface area contributed by atoms with Gasteiger partial charge in [-0.1, -0.05) is 26.0 Å². The number of carbonyl (C=O) groups excluding carboxylic acids is 1. The van der Waals surface area contributed by atoms with Gasteiger partial charge >= 0.3 is 0 Å². The first kappa shape index (κ1) is 16.7. The van der Waals surface area contributed by atoms with Gasteiger partial charge in [0.15, 0.2) is 0 Å². The molecule has 20 heavy (non-hydrogen) atoms. The number of amides is 1. The summed E-state index contributed by atoms with van der Waals surface area (Å²) in [6.07, 6.45) is 0. The molecule has 0 radical (unpaired) electrons. The Bertz CT molecular complexity index is 401. The normalized spacial score (nSPS) is 12.4. The summed E-state index contributed by atoms with van der Waals surface area (Å²) in [5.41, 5.74) is 2.03. The molecule has 2 N–H and O–H groups in total. The predicted molar refractivity (Wildman–Crippen MR) is 82.7 cm³/mol. The van der Waals surface area contributed by atoms with Crippen LogP contribution in [0.3, 0.4) is 0 Å². The Morgan fingerprint density at radius 3 is 2.40 bits per heavy atom. The third-order valence-electron chi connectivity index (χ3n) is 3.15. The van der Waals surface area contributed by atoms with E-state index in [0.29, 0.717) is 12.0 Å². The van der Waals surface area contributed by atoms with E-state index < -0.39 is 0 Å². The van der Waals surface area contributed by atoms with Gasteiger partial charge in [-0.2, -0.15) is 0 Å². The number of hydrogen-bond acceptors (Lipinski definition) is 3. The zero-order valence-corrected chi connectivity index (χ0v) is 12.9. The van der Waals surface area contributed by atoms with Gasteiger partial charge in [0.2, 0.25) is 5.91 Å². The van der Waals surface area contributed by atoms with Gasteiger partial charge in [-0.25, -0.2) is 0 Å². The predicted octanol–water partition coefficient (Wildman–Crippen LogP) is 2.80. The smallest absolute Gasteiger partial charge is 0.221 e. The summed E-state index contributed by atoms with van der Waals surface area (Å²) in [4.78, 5) is 11.0. The van der Waals surface area contributed by atoms with Gasteiger partial charge in [0, 0.05) is 31.8 Å². The van der Waals surface area contributed by atoms with Crippen molar-refractivity contribution >= 4 is 11.6 Å². The Labute approximate surface area is 121 Å². The molecule has 0 aromatic heterocycles. The average Bonchev–Trinajstić information content (AvgIpc) is 2.39. The molecular weight excluding hydrogens is 252 g/mol. The van der Waals surface area contributed by atoms with Gasteiger partial charge in [-0.05, 0) is 30.5 Å². The van der Waals surface area contributed by atoms with Gasteiger partial charge in [0.25, 0.3) is 0 Å². The number of anilines is 1. The van der Waals surface area contributed by atoms with Crippen LogP contribution in [0, 0.1) is 5.92 Å². The highest BCUT2D eigenvalue weighted by Crippen LogP contribution is 2.10. The third-order valence-corrected chi connectivity index (χ3v) is 3.15. The van der Waals surface area contributed by atoms with Crippen molar-refractivity contribution in [3.05, 3.63) is 29.8 Å². The van der Waals surface area contributed by atoms with Gasteiger partial charge < -0.3 is 15.4 Å². The van der Waals surface area contributed by atoms with E-state index >= 15 is 0 Å². The fraction of sp³-hybridized carbons (Fsp3) is 0.562. The number of rotatable bonds is 8. The first-order valence-corrected chi connectivity index (χ1v) is 7.20. The van der Waals surface area contributed by atoms with Crippen LogP contribution in [0.15, 0.2) is 24.3 Å². The van der Waals surface area contributed by atoms with Crippen molar-refractivity contribution in [1.82, 2.24) is 5.32 Å². The third kappa shape index (κ3) is 6.17. The second-order valence-corrected chi connectivity index (χ2v) is 5.27. The summed E-state index contributed by atoms with van der Waals surface area (Å²) in [5.74, 6) is 0.479. The summed E-state index contributed by atoms with van der Waals surface area (Å²) in [7, 11) is 0. The Balaban J connectivity index is 2.48. The van der Waals surface area contributed by atoms with Crippen LogP contribution in [0.1, 0.15) is 33.3 Å². The van der Waals surface area contributed by atoms with Crippen molar-refractivity contribution in [1.29, 1.82) is 0 Å². The molecule has 112 valence electrons. The van der Waals surface area contributed by atoms with Gasteiger partial charge in [0.05, 0.1) is 6.61 Å². The number of nitrogens with one attached hydrogen (secondary N) is 2. The molecule has 0 aliphatic carbocycles. The van der Waals surface area contributed by atoms with Crippen LogP contribution >= 0.6 is 0 Å². The van der Waals surface area contributed by atoms with E-state index in [9.17, 15) is 4.79 Å². The molecule has 1 atom stereocenters. The SMILES string of the molecule is CCOCC(NCc1ccc(NC(C)=O)cc1)C(C)C. The minimum Gasteiger partial charge on any atom is -0.380 e. The topological polar surface area (TPSA) is 50.4 Å². The zero-order chi connectivity index (χ0) is 15.0. The van der Waals surface area contributed by atoms with E-state index in [1.807, 2.05) is 31.2 Å². The molecule has 0 aliphatic rings. The van der Waals surface area contributed by atoms with E-state index in [-0.39, 0.29) is 5.91 Å². The minimum absolute atomic E-state index is 0.0486. The lowest BCUT2D eigenvalue weighted by Gasteiger charge is -2.22. The van der Waals surface area contributed by atoms with Crippen molar-refractivity contribution in [3.63, 3.8) is 0 Å². The first-order valence-electron chi connectivity index (χ1n) is 7.20. The van der Waals surface area contributed by atoms with Crippen molar-refractivity contribution in [3.8, 4) is 0 Å². The van der Waals surface area contributed by atoms with E-state index in [1.165, 1.54) is 12.5 Å². The van der Waals surface area contributed by atoms with E-state index in [2.05, 4.69) is 24.5 Å². The Hall–Kier alpha value is -1.39. The lowest BCUT2D eigenvalue weighted by atomic mass is 10.0. The van der Waals surface area contributed by atoms with E-state index in [1.54, 1.807) is 0 Å². The van der Waals surface area contributed by atoms with E-state index in [0.717, 1.165) is 25.4 Å². The summed E-state index contributed by atoms with van der Waals surface area (Å²) < 4.78 is 5.50. The molecule has 4 heteroatoms. The molecule has 4 nitrogen and oxygen atoms in total. The molecule has 0 saturated carbocycles. The first-order chi connectivity index (χ1) is 9.52. The standard InChI is InChI=1S/C16H26N2O2/c1-5-20-11-16(12(2)3)17-10-14-6-8-15(9-7-14)18-13(4)19/h6-9,12,16-17H,5,10-11H2,1-4H3,(H,18,19). The molecule has 1 amide bonds. The summed E-state index contributed by atoms with van der Waals surface area (Å²) >= 11 is 0. The highest BCUT2D eigenvalue weighted by Gasteiger charge is 2.12. The Morgan fingerprint density at radius 2 is 1.90 bits per heavy atom. The molecule has 1 aromatic rings. The molecule has 0 aliphatic heterocycles. The molecule has 0 fully saturated rings. The van der Waals surface area contributed by atoms with Crippen molar-refractivity contribution < 1.29 is 9.53 Å². The molecule has 1 unspecified atom stereocenters. The van der Waals surface area contributed by atoms with Gasteiger partial charge in [-0.3, -0.25) is 4.79 Å². The maximum Gasteiger partial charge on any atom is 0.221 e. The largest absolute Gasteiger partial charge is 0.380 e. The number of hydrogen-bond donors (Lipinski definition) is 2. The van der Waals surface area contributed by atoms with Crippen LogP contribution in [-0.2, 0) is 16.1 Å². The number of carbonyl (C=O) groups is 1. The summed E-state index contributed by atoms with van der Waals surface area (Å²) in [6.45, 7) is 10.2. The lowest BCUT2D eigenvalue weighted by Crippen LogP contribution is -2.37. The molecule has 0 heterocycles. The highest BCUT2D eigenvalue weighted by molar-refractivity contribution is 5.88. The van der Waals surface area contributed by atoms with Crippen LogP contribution in [0.25, 0.3) is 0 Å². The monoisotopic (exact) mass is 278 g/mol. The minimum atomic E-state index is -0.0486. The summed E-state index contributed by atoms with van der Waals surface area (Å²) in [6, 6.07) is 8.24. The molecular formula is C16H26N2O2. The molecule has 1 aromatic carbocycles. The molecule has 0 spiro atoms. The van der Waals surface area contributed by atoms with Gasteiger partial charge in [0.1, 0.15) is 0 Å². The van der Waals surface area contributed by atoms with E-state index in [4.69, 9.17) is 4.74 Å². The number of benzene rings is 1. The van der Waals surface area contributed by atoms with Gasteiger partial charge in [-0.15, -0.1) is 0 Å². The maximum atomic E-state index is 11.0. The average molecular weight is 278 g/mol. The van der Waals surface area contributed by atoms with Crippen LogP contribution in [0.5, 0.6) is 0 Å². The van der Waals surface area contributed by atoms with Crippen LogP contribution in [-0.4, -0.2) is 25.2 Å². The summed E-state index contributed by atoms with van der Waals surface area (Å²) in [5, 5.41) is 6.28. The lowest BCUT2D eigenvalue weighted by molar-refractivity contribution is -0.114. The van der Waals surface area contributed by atoms with Crippen LogP contribution in [0.4, 0.5) is 5.69 Å². The van der Waals surface area contributed by atoms with Crippen molar-refractivity contribution in [2.24, 2.45) is 5.92 Å². The second kappa shape index (κ2) is 8.72. The number of ether oxygens (including phenoxy) is 1. The Morgan fingerprint density at radius 1 is 1.25 bits per heavy atom. The zero-order valence-electron chi connectivity index (χ0n) is 12.9. The van der Waals surface area contributed by atoms with Crippen LogP contribution < -0.4 is 10.6 Å². The molecule has 0 saturated heterocycles. The Kier molecular flexibility index (Phi) is 7.26. The molecule has 0 bridgehead atoms. The quantitative estimate of drug-likeness (QED) is 0.769. The molecule has 1 rings (SSSR count). The highest BCUT2D eigenvalue weighted by atomic mass is 16.5. The fourth-order valence-electron chi connectivity index (χ4n) is 1.89. The van der Waals surface area contributed by atoms with Crippen molar-refractivity contribution in [2.75, 3.05) is 18.5 Å². The second-order valence-electron chi connectivity index (χ2n) is 5.27. The van der Waals surface area contributed by atoms with Crippen LogP contribution in [0.2, 0.25) is 0 Å². The fourth-order valence-corrected chi connectivity index (χ4v) is 1.89.